The molecule has 0 spiro atoms. The number of nitrogens with two attached hydrogens (primary N) is 1. The molecule has 0 saturated carbocycles. The van der Waals surface area contributed by atoms with Gasteiger partial charge in [-0.05, 0) is 50.3 Å². The van der Waals surface area contributed by atoms with Crippen molar-refractivity contribution >= 4 is 15.9 Å². The monoisotopic (exact) mass is 357 g/mol. The summed E-state index contributed by atoms with van der Waals surface area (Å²) in [4.78, 5) is 0. The van der Waals surface area contributed by atoms with Gasteiger partial charge < -0.3 is 19.9 Å². The Morgan fingerprint density at radius 3 is 2.33 bits per heavy atom. The molecule has 0 amide bonds. The van der Waals surface area contributed by atoms with Crippen LogP contribution in [-0.2, 0) is 4.74 Å². The van der Waals surface area contributed by atoms with E-state index >= 15 is 0 Å². The Morgan fingerprint density at radius 1 is 1.19 bits per heavy atom. The topological polar surface area (TPSA) is 53.7 Å². The quantitative estimate of drug-likeness (QED) is 0.843. The molecule has 1 saturated heterocycles. The number of benzene rings is 1. The van der Waals surface area contributed by atoms with Gasteiger partial charge in [0.15, 0.2) is 11.5 Å². The summed E-state index contributed by atoms with van der Waals surface area (Å²) < 4.78 is 17.7. The van der Waals surface area contributed by atoms with Gasteiger partial charge in [0.2, 0.25) is 0 Å². The van der Waals surface area contributed by atoms with E-state index in [1.54, 1.807) is 0 Å². The predicted molar refractivity (Wildman–Crippen MR) is 87.0 cm³/mol. The standard InChI is InChI=1S/C16H24BrNO3/c1-3-20-14-9-12(13(17)10-15(14)21-4-2)16(18)11-5-7-19-8-6-11/h9-11,16H,3-8,18H2,1-2H3. The van der Waals surface area contributed by atoms with Crippen LogP contribution in [0.1, 0.15) is 38.3 Å². The van der Waals surface area contributed by atoms with Gasteiger partial charge in [-0.3, -0.25) is 0 Å². The molecular weight excluding hydrogens is 334 g/mol. The average molecular weight is 358 g/mol. The van der Waals surface area contributed by atoms with Crippen LogP contribution in [0, 0.1) is 5.92 Å². The minimum absolute atomic E-state index is 0.0156. The van der Waals surface area contributed by atoms with E-state index in [9.17, 15) is 0 Å². The third-order valence-electron chi connectivity index (χ3n) is 3.80. The van der Waals surface area contributed by atoms with Gasteiger partial charge >= 0.3 is 0 Å². The lowest BCUT2D eigenvalue weighted by Gasteiger charge is -2.29. The number of hydrogen-bond acceptors (Lipinski definition) is 4. The molecule has 0 aliphatic carbocycles. The van der Waals surface area contributed by atoms with Crippen molar-refractivity contribution in [1.29, 1.82) is 0 Å². The van der Waals surface area contributed by atoms with Crippen LogP contribution in [-0.4, -0.2) is 26.4 Å². The molecule has 1 atom stereocenters. The van der Waals surface area contributed by atoms with E-state index in [0.717, 1.165) is 47.6 Å². The van der Waals surface area contributed by atoms with Gasteiger partial charge in [0.1, 0.15) is 0 Å². The van der Waals surface area contributed by atoms with E-state index in [2.05, 4.69) is 15.9 Å². The summed E-state index contributed by atoms with van der Waals surface area (Å²) in [6.07, 6.45) is 2.01. The number of halogens is 1. The maximum Gasteiger partial charge on any atom is 0.162 e. The van der Waals surface area contributed by atoms with E-state index in [1.807, 2.05) is 26.0 Å². The lowest BCUT2D eigenvalue weighted by Crippen LogP contribution is -2.27. The molecule has 0 aromatic heterocycles. The van der Waals surface area contributed by atoms with Crippen LogP contribution in [0.2, 0.25) is 0 Å². The molecule has 1 aromatic rings. The summed E-state index contributed by atoms with van der Waals surface area (Å²) in [7, 11) is 0. The molecule has 4 nitrogen and oxygen atoms in total. The van der Waals surface area contributed by atoms with Gasteiger partial charge in [0.05, 0.1) is 13.2 Å². The number of rotatable bonds is 6. The van der Waals surface area contributed by atoms with E-state index < -0.39 is 0 Å². The van der Waals surface area contributed by atoms with Gasteiger partial charge in [-0.15, -0.1) is 0 Å². The Labute approximate surface area is 135 Å². The Hall–Kier alpha value is -0.780. The molecule has 2 N–H and O–H groups in total. The van der Waals surface area contributed by atoms with Gasteiger partial charge in [0, 0.05) is 23.7 Å². The second-order valence-corrected chi connectivity index (χ2v) is 6.02. The maximum atomic E-state index is 6.48. The first-order valence-electron chi connectivity index (χ1n) is 7.59. The summed E-state index contributed by atoms with van der Waals surface area (Å²) in [6.45, 7) is 6.74. The van der Waals surface area contributed by atoms with Gasteiger partial charge in [-0.2, -0.15) is 0 Å². The normalized spacial score (nSPS) is 17.5. The van der Waals surface area contributed by atoms with Crippen molar-refractivity contribution in [2.75, 3.05) is 26.4 Å². The van der Waals surface area contributed by atoms with Crippen LogP contribution in [0.4, 0.5) is 0 Å². The zero-order valence-corrected chi connectivity index (χ0v) is 14.3. The van der Waals surface area contributed by atoms with Crippen LogP contribution in [0.25, 0.3) is 0 Å². The Balaban J connectivity index is 2.27. The fourth-order valence-corrected chi connectivity index (χ4v) is 3.26. The summed E-state index contributed by atoms with van der Waals surface area (Å²) in [5, 5.41) is 0. The molecule has 2 rings (SSSR count). The van der Waals surface area contributed by atoms with Crippen molar-refractivity contribution in [2.24, 2.45) is 11.7 Å². The highest BCUT2D eigenvalue weighted by Crippen LogP contribution is 2.39. The molecule has 1 aliphatic heterocycles. The molecule has 1 unspecified atom stereocenters. The van der Waals surface area contributed by atoms with E-state index in [-0.39, 0.29) is 6.04 Å². The molecule has 1 aliphatic rings. The fourth-order valence-electron chi connectivity index (χ4n) is 2.67. The number of ether oxygens (including phenoxy) is 3. The van der Waals surface area contributed by atoms with Crippen LogP contribution in [0.15, 0.2) is 16.6 Å². The van der Waals surface area contributed by atoms with Crippen LogP contribution in [0.3, 0.4) is 0 Å². The van der Waals surface area contributed by atoms with E-state index in [1.165, 1.54) is 0 Å². The third-order valence-corrected chi connectivity index (χ3v) is 4.48. The highest BCUT2D eigenvalue weighted by Gasteiger charge is 2.25. The van der Waals surface area contributed by atoms with Crippen molar-refractivity contribution in [3.05, 3.63) is 22.2 Å². The molecule has 1 heterocycles. The molecule has 0 radical (unpaired) electrons. The average Bonchev–Trinajstić information content (AvgIpc) is 2.50. The molecule has 1 fully saturated rings. The molecular formula is C16H24BrNO3. The lowest BCUT2D eigenvalue weighted by molar-refractivity contribution is 0.0583. The second kappa shape index (κ2) is 8.01. The maximum absolute atomic E-state index is 6.48. The predicted octanol–water partition coefficient (Wildman–Crippen LogP) is 3.67. The van der Waals surface area contributed by atoms with E-state index in [4.69, 9.17) is 19.9 Å². The van der Waals surface area contributed by atoms with Crippen LogP contribution < -0.4 is 15.2 Å². The Kier molecular flexibility index (Phi) is 6.33. The first-order chi connectivity index (χ1) is 10.2. The third kappa shape index (κ3) is 4.11. The van der Waals surface area contributed by atoms with Crippen LogP contribution >= 0.6 is 15.9 Å². The zero-order valence-electron chi connectivity index (χ0n) is 12.7. The molecule has 0 bridgehead atoms. The summed E-state index contributed by atoms with van der Waals surface area (Å²) in [5.41, 5.74) is 7.56. The smallest absolute Gasteiger partial charge is 0.162 e. The van der Waals surface area contributed by atoms with Crippen molar-refractivity contribution in [3.63, 3.8) is 0 Å². The minimum atomic E-state index is -0.0156. The van der Waals surface area contributed by atoms with Gasteiger partial charge in [0.25, 0.3) is 0 Å². The minimum Gasteiger partial charge on any atom is -0.490 e. The lowest BCUT2D eigenvalue weighted by atomic mass is 9.87. The largest absolute Gasteiger partial charge is 0.490 e. The van der Waals surface area contributed by atoms with Crippen molar-refractivity contribution < 1.29 is 14.2 Å². The van der Waals surface area contributed by atoms with E-state index in [0.29, 0.717) is 19.1 Å². The highest BCUT2D eigenvalue weighted by molar-refractivity contribution is 9.10. The molecule has 118 valence electrons. The van der Waals surface area contributed by atoms with Crippen molar-refractivity contribution in [1.82, 2.24) is 0 Å². The Bertz CT molecular complexity index is 461. The zero-order chi connectivity index (χ0) is 15.2. The molecule has 5 heteroatoms. The first kappa shape index (κ1) is 16.6. The fraction of sp³-hybridized carbons (Fsp3) is 0.625. The summed E-state index contributed by atoms with van der Waals surface area (Å²) >= 11 is 3.62. The SMILES string of the molecule is CCOc1cc(Br)c(C(N)C2CCOCC2)cc1OCC. The first-order valence-corrected chi connectivity index (χ1v) is 8.39. The summed E-state index contributed by atoms with van der Waals surface area (Å²) in [5.74, 6) is 1.97. The van der Waals surface area contributed by atoms with Crippen molar-refractivity contribution in [2.45, 2.75) is 32.7 Å². The summed E-state index contributed by atoms with van der Waals surface area (Å²) in [6, 6.07) is 3.96. The van der Waals surface area contributed by atoms with Crippen molar-refractivity contribution in [3.8, 4) is 11.5 Å². The second-order valence-electron chi connectivity index (χ2n) is 5.16. The highest BCUT2D eigenvalue weighted by atomic mass is 79.9. The van der Waals surface area contributed by atoms with Crippen LogP contribution in [0.5, 0.6) is 11.5 Å². The van der Waals surface area contributed by atoms with Gasteiger partial charge in [-0.25, -0.2) is 0 Å². The van der Waals surface area contributed by atoms with Gasteiger partial charge in [-0.1, -0.05) is 15.9 Å². The Morgan fingerprint density at radius 2 is 1.76 bits per heavy atom. The molecule has 21 heavy (non-hydrogen) atoms. The molecule has 1 aromatic carbocycles. The number of hydrogen-bond donors (Lipinski definition) is 1.